The topological polar surface area (TPSA) is 87.2 Å². The van der Waals surface area contributed by atoms with Crippen molar-refractivity contribution >= 4 is 43.6 Å². The van der Waals surface area contributed by atoms with Gasteiger partial charge in [0.15, 0.2) is 34.9 Å². The third-order valence-electron chi connectivity index (χ3n) is 13.8. The molecule has 0 aliphatic heterocycles. The van der Waals surface area contributed by atoms with E-state index in [2.05, 4.69) is 143 Å². The lowest BCUT2D eigenvalue weighted by Crippen LogP contribution is -2.04. The molecule has 346 valence electrons. The van der Waals surface area contributed by atoms with Gasteiger partial charge in [0.05, 0.1) is 27.8 Å². The molecule has 0 aliphatic rings. The molecule has 14 aromatic rings. The van der Waals surface area contributed by atoms with Crippen LogP contribution < -0.4 is 0 Å². The average Bonchev–Trinajstić information content (AvgIpc) is 4.01. The van der Waals surface area contributed by atoms with Gasteiger partial charge in [0.25, 0.3) is 0 Å². The predicted molar refractivity (Wildman–Crippen MR) is 300 cm³/mol. The molecule has 0 saturated carbocycles. The second-order valence-corrected chi connectivity index (χ2v) is 18.3. The molecule has 0 bridgehead atoms. The summed E-state index contributed by atoms with van der Waals surface area (Å²) in [5.41, 5.74) is 13.7. The van der Waals surface area contributed by atoms with Crippen LogP contribution in [0.2, 0.25) is 0 Å². The third-order valence-corrected chi connectivity index (χ3v) is 13.8. The average molecular weight is 947 g/mol. The molecule has 8 nitrogen and oxygen atoms in total. The highest BCUT2D eigenvalue weighted by Gasteiger charge is 2.23. The molecule has 10 aromatic carbocycles. The highest BCUT2D eigenvalue weighted by Crippen LogP contribution is 2.41. The van der Waals surface area contributed by atoms with Gasteiger partial charge in [0.2, 0.25) is 0 Å². The summed E-state index contributed by atoms with van der Waals surface area (Å²) in [5, 5.41) is 4.59. The number of fused-ring (bicyclic) bond motifs is 6. The SMILES string of the molecule is c1ccc(-c2nc(-c3ccccc3)nc(-c3ccc4c5ccccc5n(-c5ccc(-c6ccc7c8ccccc8n(-c8ccccc8)c7c6)cc5-c5nc(-c6ccccc6)nc(-c6ccccc6)n5)c4c3)n2)cc1. The van der Waals surface area contributed by atoms with Gasteiger partial charge in [0.1, 0.15) is 0 Å². The molecule has 0 aliphatic carbocycles. The van der Waals surface area contributed by atoms with Crippen molar-refractivity contribution in [1.29, 1.82) is 0 Å². The second kappa shape index (κ2) is 17.9. The van der Waals surface area contributed by atoms with Crippen LogP contribution in [0.3, 0.4) is 0 Å². The van der Waals surface area contributed by atoms with Crippen molar-refractivity contribution in [3.8, 4) is 90.8 Å². The second-order valence-electron chi connectivity index (χ2n) is 18.3. The number of benzene rings is 10. The van der Waals surface area contributed by atoms with Crippen LogP contribution in [0.15, 0.2) is 255 Å². The van der Waals surface area contributed by atoms with Crippen LogP contribution >= 0.6 is 0 Å². The Kier molecular flexibility index (Phi) is 10.3. The summed E-state index contributed by atoms with van der Waals surface area (Å²) in [6.45, 7) is 0. The lowest BCUT2D eigenvalue weighted by Gasteiger charge is -2.17. The molecular weight excluding hydrogens is 905 g/mol. The van der Waals surface area contributed by atoms with Crippen molar-refractivity contribution in [2.24, 2.45) is 0 Å². The van der Waals surface area contributed by atoms with E-state index in [1.54, 1.807) is 0 Å². The van der Waals surface area contributed by atoms with Crippen LogP contribution in [0.4, 0.5) is 0 Å². The Bertz CT molecular complexity index is 4290. The summed E-state index contributed by atoms with van der Waals surface area (Å²) < 4.78 is 4.71. The van der Waals surface area contributed by atoms with Gasteiger partial charge in [-0.1, -0.05) is 206 Å². The van der Waals surface area contributed by atoms with E-state index < -0.39 is 0 Å². The Hall–Kier alpha value is -10.2. The fraction of sp³-hybridized carbons (Fsp3) is 0. The molecule has 74 heavy (non-hydrogen) atoms. The largest absolute Gasteiger partial charge is 0.309 e. The monoisotopic (exact) mass is 946 g/mol. The van der Waals surface area contributed by atoms with Gasteiger partial charge in [-0.15, -0.1) is 0 Å². The first-order chi connectivity index (χ1) is 36.7. The smallest absolute Gasteiger partial charge is 0.166 e. The zero-order valence-electron chi connectivity index (χ0n) is 39.8. The van der Waals surface area contributed by atoms with Gasteiger partial charge in [-0.05, 0) is 59.7 Å². The fourth-order valence-corrected chi connectivity index (χ4v) is 10.3. The van der Waals surface area contributed by atoms with E-state index in [0.717, 1.165) is 88.7 Å². The number of aromatic nitrogens is 8. The fourth-order valence-electron chi connectivity index (χ4n) is 10.3. The summed E-state index contributed by atoms with van der Waals surface area (Å²) in [4.78, 5) is 31.2. The van der Waals surface area contributed by atoms with E-state index in [0.29, 0.717) is 34.9 Å². The maximum absolute atomic E-state index is 5.37. The van der Waals surface area contributed by atoms with Crippen LogP contribution in [0.1, 0.15) is 0 Å². The normalized spacial score (nSPS) is 11.5. The van der Waals surface area contributed by atoms with Crippen molar-refractivity contribution in [3.05, 3.63) is 255 Å². The van der Waals surface area contributed by atoms with Gasteiger partial charge < -0.3 is 9.13 Å². The Morgan fingerprint density at radius 3 is 1.05 bits per heavy atom. The van der Waals surface area contributed by atoms with E-state index in [1.807, 2.05) is 121 Å². The summed E-state index contributed by atoms with van der Waals surface area (Å²) in [5.74, 6) is 3.51. The number of hydrogen-bond acceptors (Lipinski definition) is 6. The standard InChI is InChI=1S/C66H42N8/c1-6-20-43(21-7-1)61-67-62(44-22-8-2-9-23-44)70-65(69-61)49-35-38-54-52-31-17-19-33-57(52)74(60(54)42-49)58-39-36-47(48-34-37-53-51-30-16-18-32-56(51)73(59(53)41-48)50-28-14-5-15-29-50)40-55(58)66-71-63(45-24-10-3-11-25-45)68-64(72-66)46-26-12-4-13-27-46/h1-42H. The lowest BCUT2D eigenvalue weighted by molar-refractivity contribution is 1.06. The Labute approximate surface area is 426 Å². The van der Waals surface area contributed by atoms with Crippen LogP contribution in [0.5, 0.6) is 0 Å². The number of rotatable bonds is 9. The minimum absolute atomic E-state index is 0.550. The Balaban J connectivity index is 1.03. The minimum atomic E-state index is 0.550. The maximum Gasteiger partial charge on any atom is 0.166 e. The van der Waals surface area contributed by atoms with E-state index >= 15 is 0 Å². The summed E-state index contributed by atoms with van der Waals surface area (Å²) >= 11 is 0. The number of nitrogens with zero attached hydrogens (tertiary/aromatic N) is 8. The van der Waals surface area contributed by atoms with Crippen molar-refractivity contribution in [2.75, 3.05) is 0 Å². The molecule has 0 unspecified atom stereocenters. The molecule has 0 spiro atoms. The van der Waals surface area contributed by atoms with Crippen molar-refractivity contribution in [2.45, 2.75) is 0 Å². The summed E-state index contributed by atoms with van der Waals surface area (Å²) in [6, 6.07) is 88.3. The van der Waals surface area contributed by atoms with Crippen molar-refractivity contribution < 1.29 is 0 Å². The molecule has 0 atom stereocenters. The Morgan fingerprint density at radius 1 is 0.216 bits per heavy atom. The first-order valence-corrected chi connectivity index (χ1v) is 24.7. The molecule has 0 saturated heterocycles. The molecule has 8 heteroatoms. The molecule has 4 heterocycles. The molecule has 4 aromatic heterocycles. The van der Waals surface area contributed by atoms with Gasteiger partial charge >= 0.3 is 0 Å². The maximum atomic E-state index is 5.37. The molecule has 14 rings (SSSR count). The third kappa shape index (κ3) is 7.48. The minimum Gasteiger partial charge on any atom is -0.309 e. The zero-order chi connectivity index (χ0) is 49.0. The first kappa shape index (κ1) is 42.7. The van der Waals surface area contributed by atoms with E-state index in [4.69, 9.17) is 29.9 Å². The van der Waals surface area contributed by atoms with Crippen LogP contribution in [0, 0.1) is 0 Å². The summed E-state index contributed by atoms with van der Waals surface area (Å²) in [7, 11) is 0. The molecule has 0 fully saturated rings. The van der Waals surface area contributed by atoms with Gasteiger partial charge in [-0.2, -0.15) is 0 Å². The zero-order valence-corrected chi connectivity index (χ0v) is 39.8. The van der Waals surface area contributed by atoms with Gasteiger partial charge in [0, 0.05) is 60.6 Å². The van der Waals surface area contributed by atoms with Gasteiger partial charge in [-0.25, -0.2) is 29.9 Å². The highest BCUT2D eigenvalue weighted by atomic mass is 15.1. The van der Waals surface area contributed by atoms with Crippen LogP contribution in [-0.4, -0.2) is 39.0 Å². The number of para-hydroxylation sites is 3. The Morgan fingerprint density at radius 2 is 0.554 bits per heavy atom. The molecule has 0 N–H and O–H groups in total. The molecule has 0 radical (unpaired) electrons. The van der Waals surface area contributed by atoms with Crippen molar-refractivity contribution in [3.63, 3.8) is 0 Å². The van der Waals surface area contributed by atoms with E-state index in [9.17, 15) is 0 Å². The van der Waals surface area contributed by atoms with E-state index in [1.165, 1.54) is 10.8 Å². The summed E-state index contributed by atoms with van der Waals surface area (Å²) in [6.07, 6.45) is 0. The molecular formula is C66H42N8. The van der Waals surface area contributed by atoms with E-state index in [-0.39, 0.29) is 0 Å². The lowest BCUT2D eigenvalue weighted by atomic mass is 9.99. The van der Waals surface area contributed by atoms with Gasteiger partial charge in [-0.3, -0.25) is 0 Å². The van der Waals surface area contributed by atoms with Crippen molar-refractivity contribution in [1.82, 2.24) is 39.0 Å². The first-order valence-electron chi connectivity index (χ1n) is 24.7. The van der Waals surface area contributed by atoms with Crippen LogP contribution in [-0.2, 0) is 0 Å². The number of hydrogen-bond donors (Lipinski definition) is 0. The molecule has 0 amide bonds. The van der Waals surface area contributed by atoms with Crippen LogP contribution in [0.25, 0.3) is 134 Å². The highest BCUT2D eigenvalue weighted by molar-refractivity contribution is 6.12. The quantitative estimate of drug-likeness (QED) is 0.143. The predicted octanol–water partition coefficient (Wildman–Crippen LogP) is 15.9.